The SMILES string of the molecule is Cc1ccc(N2C(=O)c3cc4c(cc3C2O)C(=O)N(C)C4=O)cc1. The van der Waals surface area contributed by atoms with Crippen molar-refractivity contribution in [1.29, 1.82) is 0 Å². The second kappa shape index (κ2) is 4.75. The topological polar surface area (TPSA) is 77.9 Å². The molecule has 0 bridgehead atoms. The predicted octanol–water partition coefficient (Wildman–Crippen LogP) is 1.87. The monoisotopic (exact) mass is 322 g/mol. The lowest BCUT2D eigenvalue weighted by atomic mass is 10.0. The van der Waals surface area contributed by atoms with Crippen molar-refractivity contribution in [3.63, 3.8) is 0 Å². The number of fused-ring (bicyclic) bond motifs is 2. The van der Waals surface area contributed by atoms with Crippen LogP contribution in [0.2, 0.25) is 0 Å². The van der Waals surface area contributed by atoms with E-state index in [1.54, 1.807) is 12.1 Å². The van der Waals surface area contributed by atoms with Gasteiger partial charge in [-0.25, -0.2) is 0 Å². The van der Waals surface area contributed by atoms with E-state index in [9.17, 15) is 19.5 Å². The number of benzene rings is 2. The van der Waals surface area contributed by atoms with Gasteiger partial charge in [-0.3, -0.25) is 24.2 Å². The Bertz CT molecular complexity index is 917. The molecule has 0 radical (unpaired) electrons. The van der Waals surface area contributed by atoms with Crippen molar-refractivity contribution in [3.05, 3.63) is 64.2 Å². The molecule has 2 aromatic carbocycles. The Balaban J connectivity index is 1.84. The molecule has 120 valence electrons. The van der Waals surface area contributed by atoms with Crippen molar-refractivity contribution in [3.8, 4) is 0 Å². The number of aliphatic hydroxyl groups excluding tert-OH is 1. The van der Waals surface area contributed by atoms with Crippen LogP contribution in [0.1, 0.15) is 48.4 Å². The van der Waals surface area contributed by atoms with E-state index in [-0.39, 0.29) is 22.6 Å². The molecule has 2 heterocycles. The van der Waals surface area contributed by atoms with Gasteiger partial charge < -0.3 is 5.11 Å². The fraction of sp³-hybridized carbons (Fsp3) is 0.167. The number of amides is 3. The number of anilines is 1. The maximum absolute atomic E-state index is 12.7. The number of carbonyl (C=O) groups excluding carboxylic acids is 3. The van der Waals surface area contributed by atoms with Crippen molar-refractivity contribution in [2.24, 2.45) is 0 Å². The highest BCUT2D eigenvalue weighted by Gasteiger charge is 2.41. The number of carbonyl (C=O) groups is 3. The Hall–Kier alpha value is -2.99. The van der Waals surface area contributed by atoms with Crippen LogP contribution in [0.15, 0.2) is 36.4 Å². The number of imide groups is 1. The third-order valence-corrected chi connectivity index (χ3v) is 4.54. The number of hydrogen-bond acceptors (Lipinski definition) is 4. The summed E-state index contributed by atoms with van der Waals surface area (Å²) in [5.41, 5.74) is 2.61. The smallest absolute Gasteiger partial charge is 0.261 e. The Labute approximate surface area is 137 Å². The van der Waals surface area contributed by atoms with Crippen LogP contribution < -0.4 is 4.90 Å². The minimum Gasteiger partial charge on any atom is -0.369 e. The van der Waals surface area contributed by atoms with Crippen LogP contribution in [-0.4, -0.2) is 34.8 Å². The Morgan fingerprint density at radius 3 is 2.08 bits per heavy atom. The first-order valence-corrected chi connectivity index (χ1v) is 7.49. The van der Waals surface area contributed by atoms with Gasteiger partial charge in [0.2, 0.25) is 0 Å². The molecule has 1 atom stereocenters. The number of aliphatic hydroxyl groups is 1. The van der Waals surface area contributed by atoms with Crippen LogP contribution in [0.3, 0.4) is 0 Å². The second-order valence-electron chi connectivity index (χ2n) is 6.04. The third kappa shape index (κ3) is 1.77. The molecular weight excluding hydrogens is 308 g/mol. The zero-order chi connectivity index (χ0) is 17.2. The summed E-state index contributed by atoms with van der Waals surface area (Å²) in [6.07, 6.45) is -1.19. The number of hydrogen-bond donors (Lipinski definition) is 1. The summed E-state index contributed by atoms with van der Waals surface area (Å²) >= 11 is 0. The standard InChI is InChI=1S/C18H14N2O4/c1-9-3-5-10(6-4-9)20-17(23)13-7-11-12(8-14(13)18(20)24)16(22)19(2)15(11)21/h3-8,17,23H,1-2H3. The van der Waals surface area contributed by atoms with Gasteiger partial charge in [-0.05, 0) is 31.2 Å². The van der Waals surface area contributed by atoms with E-state index >= 15 is 0 Å². The van der Waals surface area contributed by atoms with E-state index in [1.807, 2.05) is 19.1 Å². The summed E-state index contributed by atoms with van der Waals surface area (Å²) in [6, 6.07) is 10.1. The molecule has 0 aliphatic carbocycles. The molecule has 6 nitrogen and oxygen atoms in total. The van der Waals surface area contributed by atoms with Gasteiger partial charge in [-0.2, -0.15) is 0 Å². The molecular formula is C18H14N2O4. The number of aryl methyl sites for hydroxylation is 1. The molecule has 1 unspecified atom stereocenters. The third-order valence-electron chi connectivity index (χ3n) is 4.54. The molecule has 0 saturated heterocycles. The maximum atomic E-state index is 12.7. The minimum absolute atomic E-state index is 0.201. The van der Waals surface area contributed by atoms with Crippen molar-refractivity contribution in [1.82, 2.24) is 4.90 Å². The number of rotatable bonds is 1. The first-order valence-electron chi connectivity index (χ1n) is 7.49. The summed E-state index contributed by atoms with van der Waals surface area (Å²) < 4.78 is 0. The Kier molecular flexibility index (Phi) is 2.89. The second-order valence-corrected chi connectivity index (χ2v) is 6.04. The largest absolute Gasteiger partial charge is 0.369 e. The van der Waals surface area contributed by atoms with Crippen LogP contribution >= 0.6 is 0 Å². The lowest BCUT2D eigenvalue weighted by Gasteiger charge is -2.21. The molecule has 2 aromatic rings. The van der Waals surface area contributed by atoms with Crippen LogP contribution in [0.4, 0.5) is 5.69 Å². The van der Waals surface area contributed by atoms with Crippen LogP contribution in [-0.2, 0) is 0 Å². The highest BCUT2D eigenvalue weighted by atomic mass is 16.3. The van der Waals surface area contributed by atoms with Crippen LogP contribution in [0.5, 0.6) is 0 Å². The van der Waals surface area contributed by atoms with Gasteiger partial charge >= 0.3 is 0 Å². The lowest BCUT2D eigenvalue weighted by Crippen LogP contribution is -2.27. The minimum atomic E-state index is -1.19. The molecule has 4 rings (SSSR count). The first-order chi connectivity index (χ1) is 11.4. The summed E-state index contributed by atoms with van der Waals surface area (Å²) in [5, 5.41) is 10.6. The zero-order valence-corrected chi connectivity index (χ0v) is 13.1. The van der Waals surface area contributed by atoms with Gasteiger partial charge in [0.25, 0.3) is 17.7 Å². The Morgan fingerprint density at radius 1 is 0.875 bits per heavy atom. The maximum Gasteiger partial charge on any atom is 0.261 e. The van der Waals surface area contributed by atoms with Gasteiger partial charge in [-0.15, -0.1) is 0 Å². The summed E-state index contributed by atoms with van der Waals surface area (Å²) in [7, 11) is 1.40. The highest BCUT2D eigenvalue weighted by Crippen LogP contribution is 2.38. The lowest BCUT2D eigenvalue weighted by molar-refractivity contribution is 0.0693. The fourth-order valence-electron chi connectivity index (χ4n) is 3.17. The summed E-state index contributed by atoms with van der Waals surface area (Å²) in [6.45, 7) is 1.93. The molecule has 2 aliphatic rings. The average molecular weight is 322 g/mol. The molecule has 1 N–H and O–H groups in total. The highest BCUT2D eigenvalue weighted by molar-refractivity contribution is 6.23. The van der Waals surface area contributed by atoms with Gasteiger partial charge in [0.05, 0.1) is 11.1 Å². The molecule has 2 aliphatic heterocycles. The molecule has 0 saturated carbocycles. The van der Waals surface area contributed by atoms with Crippen molar-refractivity contribution >= 4 is 23.4 Å². The average Bonchev–Trinajstić information content (AvgIpc) is 2.94. The predicted molar refractivity (Wildman–Crippen MR) is 85.8 cm³/mol. The first kappa shape index (κ1) is 14.6. The van der Waals surface area contributed by atoms with E-state index in [0.717, 1.165) is 10.5 Å². The van der Waals surface area contributed by atoms with Gasteiger partial charge in [0.15, 0.2) is 6.23 Å². The summed E-state index contributed by atoms with van der Waals surface area (Å²) in [4.78, 5) is 39.2. The van der Waals surface area contributed by atoms with E-state index in [2.05, 4.69) is 0 Å². The van der Waals surface area contributed by atoms with Gasteiger partial charge in [0.1, 0.15) is 0 Å². The summed E-state index contributed by atoms with van der Waals surface area (Å²) in [5.74, 6) is -1.25. The van der Waals surface area contributed by atoms with Crippen molar-refractivity contribution in [2.45, 2.75) is 13.2 Å². The molecule has 3 amide bonds. The molecule has 0 spiro atoms. The zero-order valence-electron chi connectivity index (χ0n) is 13.1. The Morgan fingerprint density at radius 2 is 1.46 bits per heavy atom. The van der Waals surface area contributed by atoms with E-state index in [4.69, 9.17) is 0 Å². The van der Waals surface area contributed by atoms with E-state index in [0.29, 0.717) is 11.3 Å². The molecule has 24 heavy (non-hydrogen) atoms. The van der Waals surface area contributed by atoms with E-state index in [1.165, 1.54) is 24.1 Å². The number of nitrogens with zero attached hydrogens (tertiary/aromatic N) is 2. The van der Waals surface area contributed by atoms with Crippen molar-refractivity contribution < 1.29 is 19.5 Å². The normalized spacial score (nSPS) is 19.1. The molecule has 0 aromatic heterocycles. The van der Waals surface area contributed by atoms with Crippen molar-refractivity contribution in [2.75, 3.05) is 11.9 Å². The van der Waals surface area contributed by atoms with Gasteiger partial charge in [-0.1, -0.05) is 17.7 Å². The fourth-order valence-corrected chi connectivity index (χ4v) is 3.17. The van der Waals surface area contributed by atoms with E-state index < -0.39 is 18.0 Å². The molecule has 6 heteroatoms. The van der Waals surface area contributed by atoms with Gasteiger partial charge in [0, 0.05) is 23.9 Å². The van der Waals surface area contributed by atoms with Crippen LogP contribution in [0, 0.1) is 6.92 Å². The quantitative estimate of drug-likeness (QED) is 0.813. The van der Waals surface area contributed by atoms with Crippen LogP contribution in [0.25, 0.3) is 0 Å². The molecule has 0 fully saturated rings.